The van der Waals surface area contributed by atoms with Gasteiger partial charge in [0.05, 0.1) is 13.7 Å². The molecule has 2 aromatic heterocycles. The fourth-order valence-electron chi connectivity index (χ4n) is 4.24. The first-order valence-corrected chi connectivity index (χ1v) is 10.8. The first kappa shape index (κ1) is 23.3. The van der Waals surface area contributed by atoms with Gasteiger partial charge in [-0.25, -0.2) is 18.6 Å². The number of rotatable bonds is 6. The summed E-state index contributed by atoms with van der Waals surface area (Å²) in [5, 5.41) is 2.89. The first-order valence-electron chi connectivity index (χ1n) is 10.8. The quantitative estimate of drug-likeness (QED) is 0.592. The number of carbonyl (C=O) groups excluding carboxylic acids is 1. The number of halogens is 2. The van der Waals surface area contributed by atoms with E-state index in [4.69, 9.17) is 4.74 Å². The van der Waals surface area contributed by atoms with Crippen LogP contribution in [0.2, 0.25) is 0 Å². The molecule has 3 aromatic rings. The van der Waals surface area contributed by atoms with Crippen LogP contribution in [0.25, 0.3) is 0 Å². The lowest BCUT2D eigenvalue weighted by Gasteiger charge is -2.26. The zero-order valence-electron chi connectivity index (χ0n) is 18.8. The maximum absolute atomic E-state index is 13.6. The lowest BCUT2D eigenvalue weighted by molar-refractivity contribution is -0.125. The van der Waals surface area contributed by atoms with Crippen molar-refractivity contribution in [2.75, 3.05) is 7.11 Å². The van der Waals surface area contributed by atoms with Gasteiger partial charge in [-0.1, -0.05) is 6.07 Å². The van der Waals surface area contributed by atoms with Crippen LogP contribution in [-0.4, -0.2) is 27.1 Å². The Morgan fingerprint density at radius 1 is 1.18 bits per heavy atom. The summed E-state index contributed by atoms with van der Waals surface area (Å²) < 4.78 is 34.4. The van der Waals surface area contributed by atoms with E-state index >= 15 is 0 Å². The van der Waals surface area contributed by atoms with Gasteiger partial charge in [-0.3, -0.25) is 14.2 Å². The van der Waals surface area contributed by atoms with Crippen LogP contribution in [0.1, 0.15) is 28.8 Å². The number of pyridine rings is 1. The van der Waals surface area contributed by atoms with Gasteiger partial charge in [0.15, 0.2) is 11.6 Å². The zero-order valence-corrected chi connectivity index (χ0v) is 18.8. The Kier molecular flexibility index (Phi) is 6.58. The summed E-state index contributed by atoms with van der Waals surface area (Å²) in [7, 11) is 3.08. The largest absolute Gasteiger partial charge is 0.481 e. The molecule has 0 fully saturated rings. The summed E-state index contributed by atoms with van der Waals surface area (Å²) in [6.07, 6.45) is 2.68. The first-order chi connectivity index (χ1) is 16.3. The van der Waals surface area contributed by atoms with Crippen molar-refractivity contribution in [3.63, 3.8) is 0 Å². The van der Waals surface area contributed by atoms with Crippen LogP contribution in [0.3, 0.4) is 0 Å². The van der Waals surface area contributed by atoms with Crippen molar-refractivity contribution in [2.24, 2.45) is 13.0 Å². The van der Waals surface area contributed by atoms with E-state index < -0.39 is 28.8 Å². The number of hydrogen-bond acceptors (Lipinski definition) is 5. The molecule has 0 spiro atoms. The second kappa shape index (κ2) is 9.58. The SMILES string of the molecule is COc1cc(CNC(=O)C2CCc3c(c(=O)n(Cc4ccc(F)c(F)c4)c(=O)n3C)C2)ccn1. The number of fused-ring (bicyclic) bond motifs is 1. The van der Waals surface area contributed by atoms with Gasteiger partial charge >= 0.3 is 5.69 Å². The Morgan fingerprint density at radius 2 is 1.97 bits per heavy atom. The highest BCUT2D eigenvalue weighted by atomic mass is 19.2. The number of hydrogen-bond donors (Lipinski definition) is 1. The van der Waals surface area contributed by atoms with Gasteiger partial charge < -0.3 is 14.6 Å². The number of carbonyl (C=O) groups is 1. The summed E-state index contributed by atoms with van der Waals surface area (Å²) in [5.74, 6) is -2.24. The second-order valence-electron chi connectivity index (χ2n) is 8.27. The monoisotopic (exact) mass is 470 g/mol. The molecule has 1 unspecified atom stereocenters. The van der Waals surface area contributed by atoms with Crippen LogP contribution in [0.4, 0.5) is 8.78 Å². The standard InChI is InChI=1S/C24H24F2N4O4/c1-29-20-6-4-16(22(31)28-12-14-7-8-27-21(10-14)34-2)11-17(20)23(32)30(24(29)33)13-15-3-5-18(25)19(26)9-15/h3,5,7-10,16H,4,6,11-13H2,1-2H3,(H,28,31). The number of benzene rings is 1. The molecule has 2 heterocycles. The van der Waals surface area contributed by atoms with E-state index in [1.54, 1.807) is 25.4 Å². The number of ether oxygens (including phenoxy) is 1. The maximum atomic E-state index is 13.6. The summed E-state index contributed by atoms with van der Waals surface area (Å²) in [4.78, 5) is 42.9. The molecule has 178 valence electrons. The molecule has 0 radical (unpaired) electrons. The smallest absolute Gasteiger partial charge is 0.331 e. The molecular weight excluding hydrogens is 446 g/mol. The molecule has 1 N–H and O–H groups in total. The van der Waals surface area contributed by atoms with E-state index in [1.165, 1.54) is 17.7 Å². The van der Waals surface area contributed by atoms with Gasteiger partial charge in [0.25, 0.3) is 5.56 Å². The normalized spacial score (nSPS) is 15.0. The highest BCUT2D eigenvalue weighted by molar-refractivity contribution is 5.79. The number of methoxy groups -OCH3 is 1. The van der Waals surface area contributed by atoms with Crippen molar-refractivity contribution in [3.8, 4) is 5.88 Å². The third-order valence-corrected chi connectivity index (χ3v) is 6.13. The molecule has 0 saturated carbocycles. The minimum atomic E-state index is -1.05. The van der Waals surface area contributed by atoms with Crippen LogP contribution in [0.15, 0.2) is 46.1 Å². The second-order valence-corrected chi connectivity index (χ2v) is 8.27. The van der Waals surface area contributed by atoms with Gasteiger partial charge in [-0.05, 0) is 48.6 Å². The molecule has 0 aliphatic heterocycles. The molecule has 0 bridgehead atoms. The van der Waals surface area contributed by atoms with E-state index in [0.717, 1.165) is 22.3 Å². The van der Waals surface area contributed by atoms with Crippen LogP contribution in [0.5, 0.6) is 5.88 Å². The van der Waals surface area contributed by atoms with Crippen molar-refractivity contribution >= 4 is 5.91 Å². The van der Waals surface area contributed by atoms with Crippen molar-refractivity contribution in [3.05, 3.63) is 91.4 Å². The molecule has 1 amide bonds. The van der Waals surface area contributed by atoms with Gasteiger partial charge in [0, 0.05) is 43.0 Å². The number of aromatic nitrogens is 3. The Balaban J connectivity index is 1.55. The molecule has 1 atom stereocenters. The average Bonchev–Trinajstić information content (AvgIpc) is 2.85. The fraction of sp³-hybridized carbons (Fsp3) is 0.333. The van der Waals surface area contributed by atoms with E-state index in [0.29, 0.717) is 30.0 Å². The summed E-state index contributed by atoms with van der Waals surface area (Å²) in [6, 6.07) is 6.74. The topological polar surface area (TPSA) is 95.2 Å². The summed E-state index contributed by atoms with van der Waals surface area (Å²) >= 11 is 0. The molecule has 1 aromatic carbocycles. The maximum Gasteiger partial charge on any atom is 0.331 e. The van der Waals surface area contributed by atoms with Gasteiger partial charge in [-0.15, -0.1) is 0 Å². The number of nitrogens with zero attached hydrogens (tertiary/aromatic N) is 3. The molecule has 4 rings (SSSR count). The summed E-state index contributed by atoms with van der Waals surface area (Å²) in [6.45, 7) is 0.0887. The number of amides is 1. The van der Waals surface area contributed by atoms with Crippen molar-refractivity contribution in [1.29, 1.82) is 0 Å². The van der Waals surface area contributed by atoms with Gasteiger partial charge in [0.1, 0.15) is 0 Å². The third-order valence-electron chi connectivity index (χ3n) is 6.13. The molecule has 34 heavy (non-hydrogen) atoms. The molecule has 1 aliphatic rings. The Hall–Kier alpha value is -3.82. The molecule has 8 nitrogen and oxygen atoms in total. The van der Waals surface area contributed by atoms with E-state index in [-0.39, 0.29) is 31.0 Å². The molecule has 1 aliphatic carbocycles. The minimum Gasteiger partial charge on any atom is -0.481 e. The van der Waals surface area contributed by atoms with Gasteiger partial charge in [0.2, 0.25) is 11.8 Å². The van der Waals surface area contributed by atoms with Crippen LogP contribution < -0.4 is 21.3 Å². The molecule has 10 heteroatoms. The van der Waals surface area contributed by atoms with E-state index in [1.807, 2.05) is 0 Å². The predicted molar refractivity (Wildman–Crippen MR) is 120 cm³/mol. The van der Waals surface area contributed by atoms with Crippen molar-refractivity contribution < 1.29 is 18.3 Å². The predicted octanol–water partition coefficient (Wildman–Crippen LogP) is 1.70. The van der Waals surface area contributed by atoms with E-state index in [2.05, 4.69) is 10.3 Å². The van der Waals surface area contributed by atoms with Crippen molar-refractivity contribution in [1.82, 2.24) is 19.4 Å². The Morgan fingerprint density at radius 3 is 2.71 bits per heavy atom. The van der Waals surface area contributed by atoms with Crippen molar-refractivity contribution in [2.45, 2.75) is 32.4 Å². The highest BCUT2D eigenvalue weighted by Crippen LogP contribution is 2.23. The van der Waals surface area contributed by atoms with Crippen LogP contribution in [-0.2, 0) is 37.8 Å². The highest BCUT2D eigenvalue weighted by Gasteiger charge is 2.29. The average molecular weight is 470 g/mol. The van der Waals surface area contributed by atoms with Crippen LogP contribution in [0, 0.1) is 17.6 Å². The Bertz CT molecular complexity index is 1370. The fourth-order valence-corrected chi connectivity index (χ4v) is 4.24. The lowest BCUT2D eigenvalue weighted by atomic mass is 9.86. The zero-order chi connectivity index (χ0) is 24.4. The Labute approximate surface area is 193 Å². The molecule has 0 saturated heterocycles. The van der Waals surface area contributed by atoms with Gasteiger partial charge in [-0.2, -0.15) is 0 Å². The molecular formula is C24H24F2N4O4. The van der Waals surface area contributed by atoms with E-state index in [9.17, 15) is 23.2 Å². The number of nitrogens with one attached hydrogen (secondary N) is 1. The minimum absolute atomic E-state index is 0.186. The lowest BCUT2D eigenvalue weighted by Crippen LogP contribution is -2.46. The summed E-state index contributed by atoms with van der Waals surface area (Å²) in [5.41, 5.74) is 1.05. The van der Waals surface area contributed by atoms with Crippen LogP contribution >= 0.6 is 0 Å². The third kappa shape index (κ3) is 4.61.